The molecule has 0 spiro atoms. The number of rotatable bonds is 5. The van der Waals surface area contributed by atoms with E-state index in [9.17, 15) is 14.4 Å². The second kappa shape index (κ2) is 7.87. The second-order valence-corrected chi connectivity index (χ2v) is 8.73. The van der Waals surface area contributed by atoms with E-state index < -0.39 is 17.7 Å². The number of carbonyl (C=O) groups excluding carboxylic acids is 3. The van der Waals surface area contributed by atoms with Crippen molar-refractivity contribution in [2.45, 2.75) is 82.5 Å². The lowest BCUT2D eigenvalue weighted by Crippen LogP contribution is -2.54. The Kier molecular flexibility index (Phi) is 5.91. The molecule has 0 bridgehead atoms. The third-order valence-corrected chi connectivity index (χ3v) is 6.45. The van der Waals surface area contributed by atoms with E-state index in [1.165, 1.54) is 0 Å². The fraction of sp³-hybridized carbons (Fsp3) is 0.850. The molecule has 3 unspecified atom stereocenters. The minimum absolute atomic E-state index is 0.0574. The largest absolute Gasteiger partial charge is 0.368 e. The normalized spacial score (nSPS) is 28.6. The van der Waals surface area contributed by atoms with Crippen molar-refractivity contribution in [2.24, 2.45) is 11.7 Å². The van der Waals surface area contributed by atoms with Gasteiger partial charge in [0.05, 0.1) is 18.6 Å². The summed E-state index contributed by atoms with van der Waals surface area (Å²) in [5, 5.41) is 0. The number of methoxy groups -OCH3 is 1. The van der Waals surface area contributed by atoms with E-state index in [0.29, 0.717) is 38.1 Å². The van der Waals surface area contributed by atoms with Crippen LogP contribution in [0.1, 0.15) is 58.8 Å². The van der Waals surface area contributed by atoms with Gasteiger partial charge in [-0.25, -0.2) is 0 Å². The molecule has 2 heterocycles. The Morgan fingerprint density at radius 1 is 1.22 bits per heavy atom. The van der Waals surface area contributed by atoms with Crippen molar-refractivity contribution >= 4 is 17.6 Å². The number of fused-ring (bicyclic) bond motifs is 1. The molecule has 3 atom stereocenters. The molecule has 2 N–H and O–H groups in total. The van der Waals surface area contributed by atoms with E-state index in [2.05, 4.69) is 0 Å². The number of nitrogens with two attached hydrogens (primary N) is 1. The van der Waals surface area contributed by atoms with Crippen molar-refractivity contribution in [3.05, 3.63) is 0 Å². The fourth-order valence-electron chi connectivity index (χ4n) is 5.05. The van der Waals surface area contributed by atoms with Crippen LogP contribution in [0.2, 0.25) is 0 Å². The van der Waals surface area contributed by atoms with Gasteiger partial charge in [0.15, 0.2) is 5.78 Å². The Bertz CT molecular complexity index is 600. The Hall–Kier alpha value is -1.47. The van der Waals surface area contributed by atoms with E-state index in [-0.39, 0.29) is 30.2 Å². The highest BCUT2D eigenvalue weighted by atomic mass is 16.5. The third kappa shape index (κ3) is 3.63. The molecule has 0 radical (unpaired) electrons. The summed E-state index contributed by atoms with van der Waals surface area (Å²) in [5.74, 6) is 0.00914. The van der Waals surface area contributed by atoms with Gasteiger partial charge in [-0.15, -0.1) is 0 Å². The Labute approximate surface area is 161 Å². The lowest BCUT2D eigenvalue weighted by atomic mass is 9.83. The molecule has 0 aromatic carbocycles. The number of likely N-dealkylation sites (tertiary alicyclic amines) is 2. The summed E-state index contributed by atoms with van der Waals surface area (Å²) in [7, 11) is 1.59. The number of nitrogens with zero attached hydrogens (tertiary/aromatic N) is 2. The van der Waals surface area contributed by atoms with Gasteiger partial charge in [0.25, 0.3) is 5.91 Å². The zero-order valence-electron chi connectivity index (χ0n) is 16.8. The molecule has 2 saturated heterocycles. The first kappa shape index (κ1) is 20.3. The molecule has 2 aliphatic heterocycles. The van der Waals surface area contributed by atoms with Gasteiger partial charge in [0.1, 0.15) is 11.6 Å². The molecule has 3 fully saturated rings. The molecule has 7 nitrogen and oxygen atoms in total. The average molecular weight is 380 g/mol. The number of Topliss-reactive ketones (excluding diaryl/α,β-unsaturated/α-hetero) is 1. The zero-order chi connectivity index (χ0) is 19.8. The van der Waals surface area contributed by atoms with Gasteiger partial charge in [-0.1, -0.05) is 33.1 Å². The first-order chi connectivity index (χ1) is 12.8. The minimum Gasteiger partial charge on any atom is -0.368 e. The van der Waals surface area contributed by atoms with Crippen molar-refractivity contribution < 1.29 is 19.1 Å². The van der Waals surface area contributed by atoms with Gasteiger partial charge >= 0.3 is 0 Å². The fourth-order valence-corrected chi connectivity index (χ4v) is 5.05. The van der Waals surface area contributed by atoms with Crippen molar-refractivity contribution in [3.63, 3.8) is 0 Å². The van der Waals surface area contributed by atoms with Gasteiger partial charge in [-0.05, 0) is 31.6 Å². The molecule has 1 aliphatic carbocycles. The van der Waals surface area contributed by atoms with E-state index in [4.69, 9.17) is 10.5 Å². The number of carbonyl (C=O) groups is 3. The van der Waals surface area contributed by atoms with Crippen LogP contribution >= 0.6 is 0 Å². The average Bonchev–Trinajstić information content (AvgIpc) is 3.22. The Morgan fingerprint density at radius 3 is 2.48 bits per heavy atom. The number of hydrogen-bond acceptors (Lipinski definition) is 5. The maximum absolute atomic E-state index is 13.3. The van der Waals surface area contributed by atoms with Gasteiger partial charge in [-0.2, -0.15) is 0 Å². The topological polar surface area (TPSA) is 92.9 Å². The lowest BCUT2D eigenvalue weighted by Gasteiger charge is -2.38. The SMILES string of the molecule is COC1(C(=O)N2CC(=O)C3C2CCN3C(=O)C(N)CC(C)C)CCCCC1. The maximum atomic E-state index is 13.3. The monoisotopic (exact) mass is 379 g/mol. The van der Waals surface area contributed by atoms with Gasteiger partial charge in [-0.3, -0.25) is 14.4 Å². The van der Waals surface area contributed by atoms with Gasteiger partial charge in [0.2, 0.25) is 5.91 Å². The molecule has 0 aromatic rings. The first-order valence-electron chi connectivity index (χ1n) is 10.3. The Balaban J connectivity index is 1.75. The third-order valence-electron chi connectivity index (χ3n) is 6.45. The lowest BCUT2D eigenvalue weighted by molar-refractivity contribution is -0.160. The highest BCUT2D eigenvalue weighted by Crippen LogP contribution is 2.37. The van der Waals surface area contributed by atoms with Crippen LogP contribution in [-0.4, -0.2) is 71.3 Å². The van der Waals surface area contributed by atoms with Crippen molar-refractivity contribution in [3.8, 4) is 0 Å². The Morgan fingerprint density at radius 2 is 1.89 bits per heavy atom. The van der Waals surface area contributed by atoms with Crippen LogP contribution in [0.25, 0.3) is 0 Å². The molecule has 27 heavy (non-hydrogen) atoms. The van der Waals surface area contributed by atoms with Crippen LogP contribution in [0.15, 0.2) is 0 Å². The molecule has 7 heteroatoms. The predicted octanol–water partition coefficient (Wildman–Crippen LogP) is 1.09. The van der Waals surface area contributed by atoms with Crippen molar-refractivity contribution in [1.82, 2.24) is 9.80 Å². The standard InChI is InChI=1S/C20H33N3O4/c1-13(2)11-14(21)18(25)22-10-7-15-17(22)16(24)12-23(15)19(26)20(27-3)8-5-4-6-9-20/h13-15,17H,4-12,21H2,1-3H3. The number of hydrogen-bond donors (Lipinski definition) is 1. The number of amides is 2. The molecule has 2 amide bonds. The molecular formula is C20H33N3O4. The summed E-state index contributed by atoms with van der Waals surface area (Å²) in [6.07, 6.45) is 5.66. The quantitative estimate of drug-likeness (QED) is 0.772. The maximum Gasteiger partial charge on any atom is 0.255 e. The molecule has 152 valence electrons. The van der Waals surface area contributed by atoms with Crippen molar-refractivity contribution in [1.29, 1.82) is 0 Å². The summed E-state index contributed by atoms with van der Waals surface area (Å²) in [5.41, 5.74) is 5.27. The van der Waals surface area contributed by atoms with Crippen LogP contribution in [0.3, 0.4) is 0 Å². The summed E-state index contributed by atoms with van der Waals surface area (Å²) in [4.78, 5) is 42.1. The highest BCUT2D eigenvalue weighted by molar-refractivity contribution is 5.99. The van der Waals surface area contributed by atoms with Crippen LogP contribution in [-0.2, 0) is 19.1 Å². The molecular weight excluding hydrogens is 346 g/mol. The molecule has 0 aromatic heterocycles. The molecule has 3 aliphatic rings. The van der Waals surface area contributed by atoms with E-state index in [0.717, 1.165) is 19.3 Å². The summed E-state index contributed by atoms with van der Waals surface area (Å²) in [6, 6.07) is -1.38. The smallest absolute Gasteiger partial charge is 0.255 e. The first-order valence-corrected chi connectivity index (χ1v) is 10.3. The van der Waals surface area contributed by atoms with E-state index >= 15 is 0 Å². The predicted molar refractivity (Wildman–Crippen MR) is 101 cm³/mol. The summed E-state index contributed by atoms with van der Waals surface area (Å²) in [6.45, 7) is 4.60. The van der Waals surface area contributed by atoms with Gasteiger partial charge < -0.3 is 20.3 Å². The van der Waals surface area contributed by atoms with Crippen LogP contribution in [0.4, 0.5) is 0 Å². The minimum atomic E-state index is -0.807. The summed E-state index contributed by atoms with van der Waals surface area (Å²) < 4.78 is 5.69. The summed E-state index contributed by atoms with van der Waals surface area (Å²) >= 11 is 0. The zero-order valence-corrected chi connectivity index (χ0v) is 16.8. The number of ketones is 1. The second-order valence-electron chi connectivity index (χ2n) is 8.73. The molecule has 1 saturated carbocycles. The van der Waals surface area contributed by atoms with Crippen LogP contribution in [0, 0.1) is 5.92 Å². The van der Waals surface area contributed by atoms with Crippen molar-refractivity contribution in [2.75, 3.05) is 20.2 Å². The van der Waals surface area contributed by atoms with Crippen LogP contribution in [0.5, 0.6) is 0 Å². The van der Waals surface area contributed by atoms with Gasteiger partial charge in [0, 0.05) is 13.7 Å². The van der Waals surface area contributed by atoms with E-state index in [1.807, 2.05) is 13.8 Å². The van der Waals surface area contributed by atoms with E-state index in [1.54, 1.807) is 16.9 Å². The van der Waals surface area contributed by atoms with Crippen LogP contribution < -0.4 is 5.73 Å². The number of ether oxygens (including phenoxy) is 1. The highest BCUT2D eigenvalue weighted by Gasteiger charge is 2.55. The molecule has 3 rings (SSSR count).